The molecule has 10 atom stereocenters. The average molecular weight is 759 g/mol. The van der Waals surface area contributed by atoms with Crippen LogP contribution in [0.2, 0.25) is 0 Å². The van der Waals surface area contributed by atoms with Crippen LogP contribution in [0.3, 0.4) is 0 Å². The zero-order valence-corrected chi connectivity index (χ0v) is 30.7. The number of aliphatic hydroxyl groups excluding tert-OH is 1. The van der Waals surface area contributed by atoms with E-state index in [0.717, 1.165) is 0 Å². The lowest BCUT2D eigenvalue weighted by Gasteiger charge is -2.60. The molecule has 4 unspecified atom stereocenters. The summed E-state index contributed by atoms with van der Waals surface area (Å²) in [6.45, 7) is 6.33. The number of benzene rings is 1. The van der Waals surface area contributed by atoms with Crippen molar-refractivity contribution in [1.82, 2.24) is 0 Å². The molecule has 54 heavy (non-hydrogen) atoms. The van der Waals surface area contributed by atoms with E-state index in [1.54, 1.807) is 32.1 Å². The third-order valence-corrected chi connectivity index (χ3v) is 12.1. The number of ether oxygens (including phenoxy) is 5. The van der Waals surface area contributed by atoms with Crippen LogP contribution in [0.5, 0.6) is 5.75 Å². The summed E-state index contributed by atoms with van der Waals surface area (Å²) in [6, 6.07) is 5.16. The van der Waals surface area contributed by atoms with Crippen molar-refractivity contribution in [1.29, 1.82) is 0 Å². The second-order valence-corrected chi connectivity index (χ2v) is 15.8. The summed E-state index contributed by atoms with van der Waals surface area (Å²) < 4.78 is 44.5. The molecular formula is C38H47FN2O13. The second kappa shape index (κ2) is 14.8. The molecule has 1 aliphatic heterocycles. The Bertz CT molecular complexity index is 1730. The number of halogens is 1. The van der Waals surface area contributed by atoms with Gasteiger partial charge in [-0.25, -0.2) is 9.18 Å². The van der Waals surface area contributed by atoms with Crippen LogP contribution in [0.1, 0.15) is 65.4 Å². The van der Waals surface area contributed by atoms with Crippen LogP contribution in [0.4, 0.5) is 9.18 Å². The van der Waals surface area contributed by atoms with Crippen molar-refractivity contribution in [2.45, 2.75) is 102 Å². The van der Waals surface area contributed by atoms with Crippen molar-refractivity contribution in [2.75, 3.05) is 19.8 Å². The highest BCUT2D eigenvalue weighted by Gasteiger charge is 2.77. The van der Waals surface area contributed by atoms with Crippen molar-refractivity contribution in [2.24, 2.45) is 34.3 Å². The van der Waals surface area contributed by atoms with Gasteiger partial charge in [-0.3, -0.25) is 14.4 Å². The number of nitrogens with two attached hydrogens (primary N) is 1. The van der Waals surface area contributed by atoms with Gasteiger partial charge in [0.05, 0.1) is 25.4 Å². The lowest BCUT2D eigenvalue weighted by molar-refractivity contribution is -0.757. The maximum absolute atomic E-state index is 15.9. The summed E-state index contributed by atoms with van der Waals surface area (Å²) in [7, 11) is 0. The van der Waals surface area contributed by atoms with Gasteiger partial charge in [0.2, 0.25) is 5.78 Å². The third-order valence-electron chi connectivity index (χ3n) is 12.1. The van der Waals surface area contributed by atoms with Crippen LogP contribution in [0.25, 0.3) is 0 Å². The first-order valence-corrected chi connectivity index (χ1v) is 18.2. The number of fused-ring (bicyclic) bond motifs is 7. The molecule has 6 rings (SSSR count). The van der Waals surface area contributed by atoms with Crippen molar-refractivity contribution in [3.8, 4) is 5.75 Å². The van der Waals surface area contributed by atoms with Gasteiger partial charge in [-0.2, -0.15) is 0 Å². The Kier molecular flexibility index (Phi) is 10.8. The van der Waals surface area contributed by atoms with E-state index in [-0.39, 0.29) is 55.8 Å². The molecule has 0 aromatic heterocycles. The molecule has 16 heteroatoms. The van der Waals surface area contributed by atoms with Gasteiger partial charge in [-0.15, -0.1) is 10.1 Å². The van der Waals surface area contributed by atoms with E-state index >= 15 is 4.39 Å². The number of carbonyl (C=O) groups is 4. The molecule has 4 fully saturated rings. The maximum atomic E-state index is 15.9. The molecule has 3 N–H and O–H groups in total. The Balaban J connectivity index is 1.07. The smallest absolute Gasteiger partial charge is 0.465 e. The molecule has 1 aromatic rings. The number of hydrogen-bond donors (Lipinski definition) is 2. The van der Waals surface area contributed by atoms with Gasteiger partial charge in [0, 0.05) is 16.7 Å². The molecule has 1 aromatic carbocycles. The van der Waals surface area contributed by atoms with Gasteiger partial charge >= 0.3 is 12.1 Å². The van der Waals surface area contributed by atoms with E-state index in [4.69, 9.17) is 29.4 Å². The molecular weight excluding hydrogens is 711 g/mol. The van der Waals surface area contributed by atoms with Crippen LogP contribution in [-0.2, 0) is 44.6 Å². The summed E-state index contributed by atoms with van der Waals surface area (Å²) >= 11 is 0. The quantitative estimate of drug-likeness (QED) is 0.0961. The van der Waals surface area contributed by atoms with Gasteiger partial charge in [0.1, 0.15) is 18.0 Å². The number of rotatable bonds is 13. The molecule has 294 valence electrons. The first-order valence-electron chi connectivity index (χ1n) is 18.2. The normalized spacial score (nSPS) is 35.0. The Morgan fingerprint density at radius 2 is 1.80 bits per heavy atom. The predicted octanol–water partition coefficient (Wildman–Crippen LogP) is 3.90. The van der Waals surface area contributed by atoms with Gasteiger partial charge in [0.25, 0.3) is 5.09 Å². The van der Waals surface area contributed by atoms with Gasteiger partial charge in [-0.1, -0.05) is 32.1 Å². The van der Waals surface area contributed by atoms with E-state index in [9.17, 15) is 34.4 Å². The Morgan fingerprint density at radius 1 is 1.09 bits per heavy atom. The predicted molar refractivity (Wildman–Crippen MR) is 185 cm³/mol. The molecule has 0 bridgehead atoms. The zero-order valence-electron chi connectivity index (χ0n) is 30.7. The minimum absolute atomic E-state index is 0.0337. The zero-order chi connectivity index (χ0) is 39.2. The molecule has 1 heterocycles. The molecule has 0 radical (unpaired) electrons. The third kappa shape index (κ3) is 7.16. The van der Waals surface area contributed by atoms with Crippen LogP contribution in [0.15, 0.2) is 48.1 Å². The van der Waals surface area contributed by atoms with Gasteiger partial charge in [0.15, 0.2) is 23.8 Å². The van der Waals surface area contributed by atoms with Crippen molar-refractivity contribution in [3.63, 3.8) is 0 Å². The molecule has 5 aliphatic rings. The first kappa shape index (κ1) is 39.4. The SMILES string of the molecule is CC1(C)O[C@@H]2CC3C4C[C@H](F)C5=CC(=O)C=C[C@]5(C)C4[C@@H](O)C[C@]3(C)[C@@]2(C(=O)COC(=O)Oc2ccc(CC(N)C(=O)OCCCCO[N+](=O)[O-])cc2)O1. The summed E-state index contributed by atoms with van der Waals surface area (Å²) in [5.41, 5.74) is 3.48. The first-order chi connectivity index (χ1) is 25.4. The number of carbonyl (C=O) groups excluding carboxylic acids is 4. The number of Topliss-reactive ketones (excluding diaryl/α,β-unsaturated/α-hetero) is 1. The fourth-order valence-corrected chi connectivity index (χ4v) is 9.94. The molecule has 1 saturated heterocycles. The largest absolute Gasteiger partial charge is 0.514 e. The molecule has 0 spiro atoms. The highest BCUT2D eigenvalue weighted by Crippen LogP contribution is 2.70. The Hall–Kier alpha value is -4.25. The topological polar surface area (TPSA) is 213 Å². The average Bonchev–Trinajstić information content (AvgIpc) is 3.51. The fraction of sp³-hybridized carbons (Fsp3) is 0.632. The number of allylic oxidation sites excluding steroid dienone is 4. The highest BCUT2D eigenvalue weighted by atomic mass is 19.1. The van der Waals surface area contributed by atoms with E-state index in [0.29, 0.717) is 30.4 Å². The lowest BCUT2D eigenvalue weighted by Crippen LogP contribution is -2.64. The molecule has 4 aliphatic carbocycles. The second-order valence-electron chi connectivity index (χ2n) is 15.8. The van der Waals surface area contributed by atoms with E-state index < -0.39 is 82.2 Å². The number of unbranched alkanes of at least 4 members (excludes halogenated alkanes) is 1. The number of hydrogen-bond acceptors (Lipinski definition) is 14. The number of aliphatic hydroxyl groups is 1. The van der Waals surface area contributed by atoms with Crippen LogP contribution >= 0.6 is 0 Å². The number of alkyl halides is 1. The van der Waals surface area contributed by atoms with Crippen LogP contribution < -0.4 is 10.5 Å². The fourth-order valence-electron chi connectivity index (χ4n) is 9.94. The van der Waals surface area contributed by atoms with Gasteiger partial charge < -0.3 is 39.4 Å². The number of nitrogens with zero attached hydrogens (tertiary/aromatic N) is 1. The monoisotopic (exact) mass is 758 g/mol. The highest BCUT2D eigenvalue weighted by molar-refractivity contribution is 6.01. The lowest BCUT2D eigenvalue weighted by atomic mass is 9.46. The number of ketones is 2. The summed E-state index contributed by atoms with van der Waals surface area (Å²) in [4.78, 5) is 65.9. The van der Waals surface area contributed by atoms with E-state index in [1.165, 1.54) is 24.3 Å². The molecule has 15 nitrogen and oxygen atoms in total. The summed E-state index contributed by atoms with van der Waals surface area (Å²) in [5, 5.41) is 21.1. The van der Waals surface area contributed by atoms with E-state index in [2.05, 4.69) is 4.84 Å². The maximum Gasteiger partial charge on any atom is 0.514 e. The van der Waals surface area contributed by atoms with Gasteiger partial charge in [-0.05, 0) is 99.6 Å². The standard InChI is InChI=1S/C38H47FN2O13/c1-35(2)53-31-18-25-24-17-27(39)26-16-22(42)11-12-36(26,3)32(24)29(43)19-37(25,4)38(31,54-35)30(44)20-50-34(46)52-23-9-7-21(8-10-23)15-28(40)33(45)49-13-5-6-14-51-41(47)48/h7-12,16,24-25,27-29,31-32,43H,5-6,13-15,17-20,40H2,1-4H3/t24?,25?,27-,28?,29-,31+,32?,36-,37-,38-/m0/s1. The molecule has 3 saturated carbocycles. The summed E-state index contributed by atoms with van der Waals surface area (Å²) in [6.07, 6.45) is 1.62. The van der Waals surface area contributed by atoms with Crippen LogP contribution in [0, 0.1) is 38.7 Å². The minimum atomic E-state index is -1.61. The Morgan fingerprint density at radius 3 is 2.50 bits per heavy atom. The summed E-state index contributed by atoms with van der Waals surface area (Å²) in [5.74, 6) is -3.60. The Labute approximate surface area is 311 Å². The van der Waals surface area contributed by atoms with Crippen LogP contribution in [-0.4, -0.2) is 89.5 Å². The number of esters is 1. The minimum Gasteiger partial charge on any atom is -0.465 e. The van der Waals surface area contributed by atoms with Crippen molar-refractivity contribution >= 4 is 23.7 Å². The van der Waals surface area contributed by atoms with E-state index in [1.807, 2.05) is 13.8 Å². The van der Waals surface area contributed by atoms with Crippen molar-refractivity contribution < 1.29 is 62.3 Å². The molecule has 0 amide bonds. The van der Waals surface area contributed by atoms with Crippen molar-refractivity contribution in [3.05, 3.63) is 63.7 Å².